The fourth-order valence-electron chi connectivity index (χ4n) is 2.40. The monoisotopic (exact) mass is 344 g/mol. The molecular weight excluding hydrogens is 328 g/mol. The van der Waals surface area contributed by atoms with Crippen molar-refractivity contribution in [1.82, 2.24) is 10.5 Å². The molecule has 1 N–H and O–H groups in total. The van der Waals surface area contributed by atoms with Gasteiger partial charge >= 0.3 is 6.18 Å². The quantitative estimate of drug-likeness (QED) is 0.858. The van der Waals surface area contributed by atoms with Crippen LogP contribution in [0.3, 0.4) is 0 Å². The third-order valence-corrected chi connectivity index (χ3v) is 3.60. The predicted octanol–water partition coefficient (Wildman–Crippen LogP) is 3.81. The Hall–Kier alpha value is -2.38. The van der Waals surface area contributed by atoms with Gasteiger partial charge in [-0.15, -0.1) is 0 Å². The van der Waals surface area contributed by atoms with Crippen molar-refractivity contribution in [3.63, 3.8) is 0 Å². The van der Waals surface area contributed by atoms with Gasteiger partial charge in [-0.3, -0.25) is 4.79 Å². The van der Waals surface area contributed by atoms with Crippen LogP contribution in [-0.2, 0) is 12.6 Å². The Bertz CT molecular complexity index is 734. The second-order valence-electron chi connectivity index (χ2n) is 5.57. The summed E-state index contributed by atoms with van der Waals surface area (Å²) in [6.07, 6.45) is -4.46. The number of alkyl halides is 3. The number of rotatable bonds is 4. The van der Waals surface area contributed by atoms with Gasteiger partial charge in [0.05, 0.1) is 16.8 Å². The Balaban J connectivity index is 2.18. The number of nitrogens with zero attached hydrogens (tertiary/aromatic N) is 1. The molecule has 0 aliphatic heterocycles. The zero-order valence-corrected chi connectivity index (χ0v) is 13.3. The zero-order valence-electron chi connectivity index (χ0n) is 13.3. The summed E-state index contributed by atoms with van der Waals surface area (Å²) in [5.41, 5.74) is -0.469. The van der Waals surface area contributed by atoms with Gasteiger partial charge in [0, 0.05) is 11.6 Å². The average Bonchev–Trinajstić information content (AvgIpc) is 2.78. The van der Waals surface area contributed by atoms with E-state index in [0.717, 1.165) is 17.7 Å². The van der Waals surface area contributed by atoms with Gasteiger partial charge in [-0.1, -0.05) is 5.16 Å². The first kappa shape index (κ1) is 18.0. The molecule has 24 heavy (non-hydrogen) atoms. The maximum atomic E-state index is 13.1. The highest BCUT2D eigenvalue weighted by molar-refractivity contribution is 5.96. The molecule has 1 amide bonds. The second kappa shape index (κ2) is 6.62. The molecule has 0 fully saturated rings. The fourth-order valence-corrected chi connectivity index (χ4v) is 2.40. The number of carbonyl (C=O) groups is 1. The van der Waals surface area contributed by atoms with E-state index in [1.54, 1.807) is 20.8 Å². The summed E-state index contributed by atoms with van der Waals surface area (Å²) in [4.78, 5) is 12.2. The van der Waals surface area contributed by atoms with Crippen molar-refractivity contribution >= 4 is 5.91 Å². The van der Waals surface area contributed by atoms with Crippen molar-refractivity contribution in [2.24, 2.45) is 0 Å². The number of aromatic nitrogens is 1. The maximum Gasteiger partial charge on any atom is 0.417 e. The molecule has 130 valence electrons. The predicted molar refractivity (Wildman–Crippen MR) is 78.0 cm³/mol. The van der Waals surface area contributed by atoms with Gasteiger partial charge in [0.25, 0.3) is 5.91 Å². The Morgan fingerprint density at radius 1 is 1.33 bits per heavy atom. The first-order chi connectivity index (χ1) is 11.1. The number of amides is 1. The molecule has 2 aromatic rings. The van der Waals surface area contributed by atoms with E-state index >= 15 is 0 Å². The summed E-state index contributed by atoms with van der Waals surface area (Å²) >= 11 is 0. The SMILES string of the molecule is Cc1noc(C)c1C[C@H](C)NC(=O)c1ccc(F)cc1C(F)(F)F. The van der Waals surface area contributed by atoms with E-state index in [1.807, 2.05) is 0 Å². The van der Waals surface area contributed by atoms with Gasteiger partial charge in [-0.25, -0.2) is 4.39 Å². The van der Waals surface area contributed by atoms with Crippen LogP contribution in [0.1, 0.15) is 39.9 Å². The lowest BCUT2D eigenvalue weighted by Gasteiger charge is -2.17. The number of halogens is 4. The topological polar surface area (TPSA) is 55.1 Å². The van der Waals surface area contributed by atoms with E-state index < -0.39 is 35.1 Å². The minimum absolute atomic E-state index is 0.313. The Morgan fingerprint density at radius 3 is 2.54 bits per heavy atom. The highest BCUT2D eigenvalue weighted by Crippen LogP contribution is 2.32. The summed E-state index contributed by atoms with van der Waals surface area (Å²) in [5, 5.41) is 6.27. The Labute approximate surface area is 135 Å². The lowest BCUT2D eigenvalue weighted by molar-refractivity contribution is -0.138. The molecule has 0 spiro atoms. The molecule has 1 aromatic carbocycles. The molecule has 1 atom stereocenters. The average molecular weight is 344 g/mol. The maximum absolute atomic E-state index is 13.1. The molecule has 0 bridgehead atoms. The van der Waals surface area contributed by atoms with Crippen LogP contribution in [0.5, 0.6) is 0 Å². The highest BCUT2D eigenvalue weighted by Gasteiger charge is 2.35. The van der Waals surface area contributed by atoms with E-state index in [4.69, 9.17) is 4.52 Å². The van der Waals surface area contributed by atoms with E-state index in [0.29, 0.717) is 23.9 Å². The molecule has 0 unspecified atom stereocenters. The lowest BCUT2D eigenvalue weighted by Crippen LogP contribution is -2.35. The van der Waals surface area contributed by atoms with Gasteiger partial charge in [0.2, 0.25) is 0 Å². The van der Waals surface area contributed by atoms with Crippen molar-refractivity contribution in [1.29, 1.82) is 0 Å². The van der Waals surface area contributed by atoms with Crippen LogP contribution in [0.4, 0.5) is 17.6 Å². The number of nitrogens with one attached hydrogen (secondary N) is 1. The molecule has 1 aromatic heterocycles. The van der Waals surface area contributed by atoms with Gasteiger partial charge in [0.1, 0.15) is 11.6 Å². The Kier molecular flexibility index (Phi) is 4.96. The van der Waals surface area contributed by atoms with Crippen LogP contribution < -0.4 is 5.32 Å². The normalized spacial score (nSPS) is 13.0. The number of hydrogen-bond acceptors (Lipinski definition) is 3. The zero-order chi connectivity index (χ0) is 18.1. The molecule has 2 rings (SSSR count). The fraction of sp³-hybridized carbons (Fsp3) is 0.375. The molecule has 8 heteroatoms. The number of benzene rings is 1. The van der Waals surface area contributed by atoms with Crippen LogP contribution in [0, 0.1) is 19.7 Å². The number of aryl methyl sites for hydroxylation is 2. The third-order valence-electron chi connectivity index (χ3n) is 3.60. The van der Waals surface area contributed by atoms with Crippen molar-refractivity contribution in [3.05, 3.63) is 52.2 Å². The van der Waals surface area contributed by atoms with Crippen molar-refractivity contribution in [2.75, 3.05) is 0 Å². The molecular formula is C16H16F4N2O2. The number of carbonyl (C=O) groups excluding carboxylic acids is 1. The first-order valence-electron chi connectivity index (χ1n) is 7.19. The lowest BCUT2D eigenvalue weighted by atomic mass is 10.0. The second-order valence-corrected chi connectivity index (χ2v) is 5.57. The van der Waals surface area contributed by atoms with Gasteiger partial charge in [-0.05, 0) is 45.4 Å². The Morgan fingerprint density at radius 2 is 2.00 bits per heavy atom. The molecule has 0 saturated heterocycles. The smallest absolute Gasteiger partial charge is 0.361 e. The van der Waals surface area contributed by atoms with E-state index in [2.05, 4.69) is 10.5 Å². The summed E-state index contributed by atoms with van der Waals surface area (Å²) in [6, 6.07) is 1.51. The summed E-state index contributed by atoms with van der Waals surface area (Å²) < 4.78 is 57.0. The minimum Gasteiger partial charge on any atom is -0.361 e. The summed E-state index contributed by atoms with van der Waals surface area (Å²) in [7, 11) is 0. The summed E-state index contributed by atoms with van der Waals surface area (Å²) in [5.74, 6) is -1.38. The standard InChI is InChI=1S/C16H16F4N2O2/c1-8(6-13-9(2)22-24-10(13)3)21-15(23)12-5-4-11(17)7-14(12)16(18,19)20/h4-5,7-8H,6H2,1-3H3,(H,21,23)/t8-/m0/s1. The van der Waals surface area contributed by atoms with Crippen LogP contribution in [0.15, 0.2) is 22.7 Å². The van der Waals surface area contributed by atoms with Gasteiger partial charge < -0.3 is 9.84 Å². The van der Waals surface area contributed by atoms with Crippen LogP contribution in [-0.4, -0.2) is 17.1 Å². The molecule has 0 aliphatic carbocycles. The first-order valence-corrected chi connectivity index (χ1v) is 7.19. The van der Waals surface area contributed by atoms with E-state index in [1.165, 1.54) is 0 Å². The molecule has 0 saturated carbocycles. The van der Waals surface area contributed by atoms with Crippen LogP contribution >= 0.6 is 0 Å². The van der Waals surface area contributed by atoms with Crippen molar-refractivity contribution < 1.29 is 26.9 Å². The molecule has 0 radical (unpaired) electrons. The van der Waals surface area contributed by atoms with Gasteiger partial charge in [0.15, 0.2) is 0 Å². The summed E-state index contributed by atoms with van der Waals surface area (Å²) in [6.45, 7) is 5.11. The van der Waals surface area contributed by atoms with E-state index in [9.17, 15) is 22.4 Å². The molecule has 1 heterocycles. The van der Waals surface area contributed by atoms with E-state index in [-0.39, 0.29) is 0 Å². The van der Waals surface area contributed by atoms with Crippen molar-refractivity contribution in [2.45, 2.75) is 39.4 Å². The third kappa shape index (κ3) is 3.93. The molecule has 4 nitrogen and oxygen atoms in total. The number of hydrogen-bond donors (Lipinski definition) is 1. The molecule has 0 aliphatic rings. The highest BCUT2D eigenvalue weighted by atomic mass is 19.4. The largest absolute Gasteiger partial charge is 0.417 e. The van der Waals surface area contributed by atoms with Crippen LogP contribution in [0.25, 0.3) is 0 Å². The van der Waals surface area contributed by atoms with Crippen molar-refractivity contribution in [3.8, 4) is 0 Å². The minimum atomic E-state index is -4.82. The van der Waals surface area contributed by atoms with Crippen LogP contribution in [0.2, 0.25) is 0 Å². The van der Waals surface area contributed by atoms with Gasteiger partial charge in [-0.2, -0.15) is 13.2 Å².